The number of methoxy groups -OCH3 is 3. The molecule has 2 aromatic rings. The minimum atomic E-state index is -0.469. The second-order valence-electron chi connectivity index (χ2n) is 7.43. The number of anilines is 1. The zero-order valence-electron chi connectivity index (χ0n) is 18.3. The summed E-state index contributed by atoms with van der Waals surface area (Å²) in [6.45, 7) is 6.54. The van der Waals surface area contributed by atoms with Crippen LogP contribution in [-0.4, -0.2) is 50.1 Å². The predicted molar refractivity (Wildman–Crippen MR) is 120 cm³/mol. The Labute approximate surface area is 181 Å². The van der Waals surface area contributed by atoms with E-state index in [9.17, 15) is 9.59 Å². The van der Waals surface area contributed by atoms with Crippen molar-refractivity contribution in [2.75, 3.05) is 39.4 Å². The molecule has 1 aliphatic carbocycles. The van der Waals surface area contributed by atoms with E-state index >= 15 is 0 Å². The van der Waals surface area contributed by atoms with Gasteiger partial charge in [-0.25, -0.2) is 4.79 Å². The second-order valence-corrected chi connectivity index (χ2v) is 7.43. The van der Waals surface area contributed by atoms with Crippen molar-refractivity contribution in [2.45, 2.75) is 19.0 Å². The number of ether oxygens (including phenoxy) is 3. The standard InChI is InChI=1S/C23H29N3O5/c1-6-11-25(16-7-9-17(30-4)10-8-16)21-18(14-29-3)20(31-5)12-19(21)26-13-15(2)22(27)24-23(26)28/h6-10,12-13,18-19,21H,1,11,14H2,2-5H3,(H,24,27,28)/t18-,19+,21+/m0/s1. The molecule has 0 radical (unpaired) electrons. The van der Waals surface area contributed by atoms with E-state index in [0.717, 1.165) is 17.2 Å². The fourth-order valence-corrected chi connectivity index (χ4v) is 4.14. The molecule has 0 saturated carbocycles. The van der Waals surface area contributed by atoms with E-state index in [1.165, 1.54) is 0 Å². The van der Waals surface area contributed by atoms with Gasteiger partial charge in [-0.15, -0.1) is 6.58 Å². The van der Waals surface area contributed by atoms with Crippen LogP contribution in [0.1, 0.15) is 11.6 Å². The lowest BCUT2D eigenvalue weighted by molar-refractivity contribution is 0.120. The zero-order chi connectivity index (χ0) is 22.5. The maximum absolute atomic E-state index is 12.7. The fourth-order valence-electron chi connectivity index (χ4n) is 4.14. The van der Waals surface area contributed by atoms with Gasteiger partial charge in [-0.1, -0.05) is 6.08 Å². The van der Waals surface area contributed by atoms with Gasteiger partial charge < -0.3 is 19.1 Å². The summed E-state index contributed by atoms with van der Waals surface area (Å²) in [6.07, 6.45) is 5.34. The third kappa shape index (κ3) is 4.44. The molecule has 0 spiro atoms. The summed E-state index contributed by atoms with van der Waals surface area (Å²) in [4.78, 5) is 29.2. The smallest absolute Gasteiger partial charge is 0.328 e. The first-order valence-electron chi connectivity index (χ1n) is 10.0. The number of hydrogen-bond acceptors (Lipinski definition) is 6. The zero-order valence-corrected chi connectivity index (χ0v) is 18.3. The van der Waals surface area contributed by atoms with E-state index in [1.54, 1.807) is 39.0 Å². The number of nitrogens with zero attached hydrogens (tertiary/aromatic N) is 2. The molecule has 1 N–H and O–H groups in total. The SMILES string of the molecule is C=CCN(c1ccc(OC)cc1)[C@H]1[C@H](n2cc(C)c(=O)[nH]c2=O)C=C(OC)[C@@H]1COC. The third-order valence-electron chi connectivity index (χ3n) is 5.60. The minimum absolute atomic E-state index is 0.138. The highest BCUT2D eigenvalue weighted by atomic mass is 16.5. The molecule has 8 heteroatoms. The summed E-state index contributed by atoms with van der Waals surface area (Å²) < 4.78 is 18.0. The van der Waals surface area contributed by atoms with Crippen molar-refractivity contribution in [2.24, 2.45) is 5.92 Å². The average molecular weight is 428 g/mol. The molecule has 0 bridgehead atoms. The van der Waals surface area contributed by atoms with Gasteiger partial charge >= 0.3 is 5.69 Å². The van der Waals surface area contributed by atoms with Crippen molar-refractivity contribution in [3.63, 3.8) is 0 Å². The van der Waals surface area contributed by atoms with Crippen molar-refractivity contribution >= 4 is 5.69 Å². The Morgan fingerprint density at radius 3 is 2.45 bits per heavy atom. The topological polar surface area (TPSA) is 85.8 Å². The Morgan fingerprint density at radius 1 is 1.16 bits per heavy atom. The number of benzene rings is 1. The van der Waals surface area contributed by atoms with Crippen LogP contribution in [0.3, 0.4) is 0 Å². The van der Waals surface area contributed by atoms with Gasteiger partial charge in [0.1, 0.15) is 11.5 Å². The van der Waals surface area contributed by atoms with Gasteiger partial charge in [0.05, 0.1) is 38.8 Å². The monoisotopic (exact) mass is 427 g/mol. The molecular weight excluding hydrogens is 398 g/mol. The highest BCUT2D eigenvalue weighted by molar-refractivity contribution is 5.52. The molecule has 1 aromatic heterocycles. The summed E-state index contributed by atoms with van der Waals surface area (Å²) in [7, 11) is 4.87. The van der Waals surface area contributed by atoms with E-state index < -0.39 is 11.2 Å². The Morgan fingerprint density at radius 2 is 1.87 bits per heavy atom. The van der Waals surface area contributed by atoms with Crippen LogP contribution < -0.4 is 20.9 Å². The molecule has 3 atom stereocenters. The molecule has 8 nitrogen and oxygen atoms in total. The van der Waals surface area contributed by atoms with Gasteiger partial charge in [0.25, 0.3) is 5.56 Å². The van der Waals surface area contributed by atoms with Crippen LogP contribution in [0.15, 0.2) is 64.5 Å². The summed E-state index contributed by atoms with van der Waals surface area (Å²) in [5, 5.41) is 0. The van der Waals surface area contributed by atoms with Gasteiger partial charge in [-0.2, -0.15) is 0 Å². The summed E-state index contributed by atoms with van der Waals surface area (Å²) in [6, 6.07) is 7.11. The molecule has 0 unspecified atom stereocenters. The van der Waals surface area contributed by atoms with Crippen LogP contribution in [0.5, 0.6) is 5.75 Å². The predicted octanol–water partition coefficient (Wildman–Crippen LogP) is 2.26. The molecule has 1 aromatic carbocycles. The van der Waals surface area contributed by atoms with Crippen LogP contribution in [0.25, 0.3) is 0 Å². The van der Waals surface area contributed by atoms with Crippen LogP contribution in [0.4, 0.5) is 5.69 Å². The molecule has 0 fully saturated rings. The molecule has 1 aliphatic rings. The Bertz CT molecular complexity index is 1050. The molecule has 1 heterocycles. The van der Waals surface area contributed by atoms with E-state index in [0.29, 0.717) is 18.7 Å². The van der Waals surface area contributed by atoms with E-state index in [-0.39, 0.29) is 18.0 Å². The summed E-state index contributed by atoms with van der Waals surface area (Å²) >= 11 is 0. The summed E-state index contributed by atoms with van der Waals surface area (Å²) in [5.74, 6) is 1.35. The molecule has 166 valence electrons. The van der Waals surface area contributed by atoms with Crippen LogP contribution >= 0.6 is 0 Å². The highest BCUT2D eigenvalue weighted by Gasteiger charge is 2.43. The maximum Gasteiger partial charge on any atom is 0.328 e. The Kier molecular flexibility index (Phi) is 7.02. The maximum atomic E-state index is 12.7. The molecule has 0 saturated heterocycles. The van der Waals surface area contributed by atoms with Crippen LogP contribution in [0, 0.1) is 12.8 Å². The first kappa shape index (κ1) is 22.4. The number of aromatic nitrogens is 2. The van der Waals surface area contributed by atoms with Crippen molar-refractivity contribution in [3.8, 4) is 5.75 Å². The lowest BCUT2D eigenvalue weighted by Gasteiger charge is -2.38. The van der Waals surface area contributed by atoms with Gasteiger partial charge in [0.2, 0.25) is 0 Å². The number of hydrogen-bond donors (Lipinski definition) is 1. The van der Waals surface area contributed by atoms with Gasteiger partial charge in [-0.05, 0) is 37.3 Å². The van der Waals surface area contributed by atoms with Crippen molar-refractivity contribution in [3.05, 3.63) is 81.4 Å². The quantitative estimate of drug-likeness (QED) is 0.618. The molecular formula is C23H29N3O5. The number of H-pyrrole nitrogens is 1. The molecule has 3 rings (SSSR count). The number of aromatic amines is 1. The van der Waals surface area contributed by atoms with E-state index in [4.69, 9.17) is 14.2 Å². The normalized spacial score (nSPS) is 20.3. The van der Waals surface area contributed by atoms with Crippen LogP contribution in [-0.2, 0) is 9.47 Å². The Hall–Kier alpha value is -3.26. The minimum Gasteiger partial charge on any atom is -0.501 e. The molecule has 0 amide bonds. The first-order valence-corrected chi connectivity index (χ1v) is 10.0. The van der Waals surface area contributed by atoms with Crippen LogP contribution in [0.2, 0.25) is 0 Å². The van der Waals surface area contributed by atoms with Crippen molar-refractivity contribution in [1.29, 1.82) is 0 Å². The highest BCUT2D eigenvalue weighted by Crippen LogP contribution is 2.40. The van der Waals surface area contributed by atoms with E-state index in [2.05, 4.69) is 16.5 Å². The molecule has 0 aliphatic heterocycles. The van der Waals surface area contributed by atoms with Crippen molar-refractivity contribution < 1.29 is 14.2 Å². The number of rotatable bonds is 9. The summed E-state index contributed by atoms with van der Waals surface area (Å²) in [5.41, 5.74) is 0.541. The largest absolute Gasteiger partial charge is 0.501 e. The second kappa shape index (κ2) is 9.70. The average Bonchev–Trinajstić information content (AvgIpc) is 3.12. The lowest BCUT2D eigenvalue weighted by Crippen LogP contribution is -2.48. The van der Waals surface area contributed by atoms with Gasteiger partial charge in [0.15, 0.2) is 0 Å². The Balaban J connectivity index is 2.16. The van der Waals surface area contributed by atoms with Gasteiger partial charge in [0, 0.05) is 31.1 Å². The lowest BCUT2D eigenvalue weighted by atomic mass is 9.97. The van der Waals surface area contributed by atoms with Gasteiger partial charge in [-0.3, -0.25) is 14.3 Å². The number of nitrogens with one attached hydrogen (secondary N) is 1. The van der Waals surface area contributed by atoms with E-state index in [1.807, 2.05) is 36.4 Å². The number of aryl methyl sites for hydroxylation is 1. The van der Waals surface area contributed by atoms with Crippen molar-refractivity contribution in [1.82, 2.24) is 9.55 Å². The molecule has 31 heavy (non-hydrogen) atoms. The fraction of sp³-hybridized carbons (Fsp3) is 0.391. The first-order chi connectivity index (χ1) is 14.9. The third-order valence-corrected chi connectivity index (χ3v) is 5.60.